The summed E-state index contributed by atoms with van der Waals surface area (Å²) in [7, 11) is 3.21. The normalized spacial score (nSPS) is 9.86. The summed E-state index contributed by atoms with van der Waals surface area (Å²) in [5.41, 5.74) is -0.355. The van der Waals surface area contributed by atoms with Gasteiger partial charge in [0.15, 0.2) is 0 Å². The first kappa shape index (κ1) is 16.4. The molecule has 21 heavy (non-hydrogen) atoms. The number of hydrogen-bond donors (Lipinski definition) is 3. The summed E-state index contributed by atoms with van der Waals surface area (Å²) in [4.78, 5) is 34.8. The van der Waals surface area contributed by atoms with Crippen LogP contribution < -0.4 is 10.6 Å². The maximum absolute atomic E-state index is 13.4. The molecule has 1 aromatic carbocycles. The highest BCUT2D eigenvalue weighted by Crippen LogP contribution is 2.14. The Morgan fingerprint density at radius 3 is 2.48 bits per heavy atom. The van der Waals surface area contributed by atoms with E-state index in [-0.39, 0.29) is 24.6 Å². The third-order valence-corrected chi connectivity index (χ3v) is 2.58. The topological polar surface area (TPSA) is 98.7 Å². The number of rotatable bonds is 5. The molecule has 0 spiro atoms. The zero-order valence-electron chi connectivity index (χ0n) is 11.6. The molecule has 0 saturated heterocycles. The number of urea groups is 1. The quantitative estimate of drug-likeness (QED) is 0.758. The van der Waals surface area contributed by atoms with Crippen molar-refractivity contribution in [3.05, 3.63) is 29.6 Å². The number of carbonyl (C=O) groups excluding carboxylic acids is 2. The van der Waals surface area contributed by atoms with Crippen LogP contribution in [0.15, 0.2) is 18.2 Å². The highest BCUT2D eigenvalue weighted by molar-refractivity contribution is 5.92. The van der Waals surface area contributed by atoms with Crippen molar-refractivity contribution in [2.24, 2.45) is 0 Å². The Labute approximate surface area is 120 Å². The van der Waals surface area contributed by atoms with E-state index in [1.807, 2.05) is 0 Å². The van der Waals surface area contributed by atoms with Gasteiger partial charge in [-0.05, 0) is 18.2 Å². The fourth-order valence-corrected chi connectivity index (χ4v) is 1.45. The number of carboxylic acid groups (broad SMARTS) is 1. The van der Waals surface area contributed by atoms with E-state index in [4.69, 9.17) is 5.11 Å². The van der Waals surface area contributed by atoms with Gasteiger partial charge in [0.2, 0.25) is 5.91 Å². The van der Waals surface area contributed by atoms with Gasteiger partial charge in [0, 0.05) is 32.7 Å². The average molecular weight is 297 g/mol. The van der Waals surface area contributed by atoms with E-state index in [0.717, 1.165) is 12.1 Å². The second-order valence-electron chi connectivity index (χ2n) is 4.42. The fraction of sp³-hybridized carbons (Fsp3) is 0.308. The molecule has 3 N–H and O–H groups in total. The Bertz CT molecular complexity index is 560. The molecule has 0 saturated carbocycles. The third kappa shape index (κ3) is 5.09. The Balaban J connectivity index is 2.50. The van der Waals surface area contributed by atoms with Crippen molar-refractivity contribution >= 4 is 23.6 Å². The fourth-order valence-electron chi connectivity index (χ4n) is 1.45. The van der Waals surface area contributed by atoms with Crippen molar-refractivity contribution in [1.29, 1.82) is 0 Å². The van der Waals surface area contributed by atoms with E-state index in [2.05, 4.69) is 10.6 Å². The summed E-state index contributed by atoms with van der Waals surface area (Å²) in [6.45, 7) is 0.137. The Hall–Kier alpha value is -2.64. The number of benzene rings is 1. The maximum atomic E-state index is 13.4. The molecular weight excluding hydrogens is 281 g/mol. The second-order valence-corrected chi connectivity index (χ2v) is 4.42. The van der Waals surface area contributed by atoms with Crippen LogP contribution in [0.2, 0.25) is 0 Å². The minimum Gasteiger partial charge on any atom is -0.478 e. The van der Waals surface area contributed by atoms with Crippen LogP contribution in [-0.4, -0.2) is 48.6 Å². The van der Waals surface area contributed by atoms with Crippen LogP contribution in [0, 0.1) is 5.82 Å². The SMILES string of the molecule is CN(C)C(=O)CCNC(=O)Nc1ccc(C(=O)O)c(F)c1. The summed E-state index contributed by atoms with van der Waals surface area (Å²) < 4.78 is 13.4. The maximum Gasteiger partial charge on any atom is 0.338 e. The van der Waals surface area contributed by atoms with Crippen LogP contribution in [0.1, 0.15) is 16.8 Å². The molecule has 0 aromatic heterocycles. The molecule has 3 amide bonds. The van der Waals surface area contributed by atoms with Gasteiger partial charge in [-0.1, -0.05) is 0 Å². The van der Waals surface area contributed by atoms with Crippen molar-refractivity contribution in [2.45, 2.75) is 6.42 Å². The average Bonchev–Trinajstić information content (AvgIpc) is 2.37. The van der Waals surface area contributed by atoms with Gasteiger partial charge in [-0.15, -0.1) is 0 Å². The number of carbonyl (C=O) groups is 3. The summed E-state index contributed by atoms with van der Waals surface area (Å²) in [5, 5.41) is 13.5. The van der Waals surface area contributed by atoms with Gasteiger partial charge in [-0.3, -0.25) is 4.79 Å². The monoisotopic (exact) mass is 297 g/mol. The molecule has 8 heteroatoms. The minimum absolute atomic E-state index is 0.119. The summed E-state index contributed by atoms with van der Waals surface area (Å²) in [6.07, 6.45) is 0.146. The number of anilines is 1. The molecular formula is C13H16FN3O4. The lowest BCUT2D eigenvalue weighted by Crippen LogP contribution is -2.33. The van der Waals surface area contributed by atoms with E-state index in [1.165, 1.54) is 11.0 Å². The van der Waals surface area contributed by atoms with E-state index >= 15 is 0 Å². The smallest absolute Gasteiger partial charge is 0.338 e. The van der Waals surface area contributed by atoms with Gasteiger partial charge < -0.3 is 20.6 Å². The standard InChI is InChI=1S/C13H16FN3O4/c1-17(2)11(18)5-6-15-13(21)16-8-3-4-9(12(19)20)10(14)7-8/h3-4,7H,5-6H2,1-2H3,(H,19,20)(H2,15,16,21). The zero-order chi connectivity index (χ0) is 16.0. The van der Waals surface area contributed by atoms with Crippen molar-refractivity contribution in [3.63, 3.8) is 0 Å². The van der Waals surface area contributed by atoms with Crippen molar-refractivity contribution in [1.82, 2.24) is 10.2 Å². The first-order chi connectivity index (χ1) is 9.81. The molecule has 7 nitrogen and oxygen atoms in total. The summed E-state index contributed by atoms with van der Waals surface area (Å²) in [5.74, 6) is -2.46. The lowest BCUT2D eigenvalue weighted by molar-refractivity contribution is -0.128. The van der Waals surface area contributed by atoms with Crippen LogP contribution in [0.5, 0.6) is 0 Å². The molecule has 0 heterocycles. The van der Waals surface area contributed by atoms with Gasteiger partial charge >= 0.3 is 12.0 Å². The molecule has 114 valence electrons. The second kappa shape index (κ2) is 7.22. The van der Waals surface area contributed by atoms with Crippen LogP contribution in [0.25, 0.3) is 0 Å². The van der Waals surface area contributed by atoms with Gasteiger partial charge in [0.1, 0.15) is 5.82 Å². The molecule has 0 aliphatic carbocycles. The Morgan fingerprint density at radius 2 is 1.95 bits per heavy atom. The molecule has 0 aliphatic rings. The van der Waals surface area contributed by atoms with Crippen LogP contribution in [0.4, 0.5) is 14.9 Å². The van der Waals surface area contributed by atoms with Gasteiger partial charge in [0.25, 0.3) is 0 Å². The summed E-state index contributed by atoms with van der Waals surface area (Å²) in [6, 6.07) is 2.64. The predicted octanol–water partition coefficient (Wildman–Crippen LogP) is 1.12. The van der Waals surface area contributed by atoms with Crippen molar-refractivity contribution in [3.8, 4) is 0 Å². The number of aromatic carboxylic acids is 1. The number of carboxylic acids is 1. The lowest BCUT2D eigenvalue weighted by atomic mass is 10.2. The summed E-state index contributed by atoms with van der Waals surface area (Å²) >= 11 is 0. The van der Waals surface area contributed by atoms with Crippen LogP contribution in [-0.2, 0) is 4.79 Å². The molecule has 1 rings (SSSR count). The predicted molar refractivity (Wildman–Crippen MR) is 73.7 cm³/mol. The number of hydrogen-bond acceptors (Lipinski definition) is 3. The van der Waals surface area contributed by atoms with Crippen molar-refractivity contribution < 1.29 is 23.9 Å². The highest BCUT2D eigenvalue weighted by atomic mass is 19.1. The Kier molecular flexibility index (Phi) is 5.65. The number of nitrogens with one attached hydrogen (secondary N) is 2. The minimum atomic E-state index is -1.38. The van der Waals surface area contributed by atoms with E-state index in [1.54, 1.807) is 14.1 Å². The van der Waals surface area contributed by atoms with Gasteiger partial charge in [-0.2, -0.15) is 0 Å². The van der Waals surface area contributed by atoms with Crippen LogP contribution in [0.3, 0.4) is 0 Å². The largest absolute Gasteiger partial charge is 0.478 e. The molecule has 1 aromatic rings. The first-order valence-corrected chi connectivity index (χ1v) is 6.09. The van der Waals surface area contributed by atoms with E-state index in [0.29, 0.717) is 0 Å². The molecule has 0 bridgehead atoms. The molecule has 0 aliphatic heterocycles. The Morgan fingerprint density at radius 1 is 1.29 bits per heavy atom. The van der Waals surface area contributed by atoms with Gasteiger partial charge in [-0.25, -0.2) is 14.0 Å². The zero-order valence-corrected chi connectivity index (χ0v) is 11.6. The number of nitrogens with zero attached hydrogens (tertiary/aromatic N) is 1. The van der Waals surface area contributed by atoms with Gasteiger partial charge in [0.05, 0.1) is 5.56 Å². The molecule has 0 radical (unpaired) electrons. The number of amides is 3. The van der Waals surface area contributed by atoms with E-state index < -0.39 is 23.4 Å². The number of halogens is 1. The first-order valence-electron chi connectivity index (χ1n) is 6.09. The molecule has 0 fully saturated rings. The highest BCUT2D eigenvalue weighted by Gasteiger charge is 2.11. The molecule has 0 unspecified atom stereocenters. The van der Waals surface area contributed by atoms with Crippen molar-refractivity contribution in [2.75, 3.05) is 26.0 Å². The van der Waals surface area contributed by atoms with E-state index in [9.17, 15) is 18.8 Å². The third-order valence-electron chi connectivity index (χ3n) is 2.58. The van der Waals surface area contributed by atoms with Crippen LogP contribution >= 0.6 is 0 Å². The molecule has 0 atom stereocenters. The lowest BCUT2D eigenvalue weighted by Gasteiger charge is -2.11.